The van der Waals surface area contributed by atoms with Gasteiger partial charge < -0.3 is 9.16 Å². The van der Waals surface area contributed by atoms with E-state index in [1.165, 1.54) is 23.6 Å². The lowest BCUT2D eigenvalue weighted by atomic mass is 10.0. The van der Waals surface area contributed by atoms with Crippen molar-refractivity contribution in [1.29, 1.82) is 0 Å². The number of methoxy groups -OCH3 is 1. The molecule has 0 aromatic heterocycles. The molecule has 111 valence electrons. The first-order chi connectivity index (χ1) is 9.81. The van der Waals surface area contributed by atoms with Crippen molar-refractivity contribution in [3.05, 3.63) is 42.0 Å². The Balaban J connectivity index is 2.30. The zero-order valence-electron chi connectivity index (χ0n) is 12.9. The van der Waals surface area contributed by atoms with Gasteiger partial charge in [0.2, 0.25) is 9.04 Å². The Bertz CT molecular complexity index is 379. The maximum atomic E-state index is 6.08. The number of hydrogen-bond donors (Lipinski definition) is 0. The van der Waals surface area contributed by atoms with Crippen molar-refractivity contribution in [2.24, 2.45) is 0 Å². The van der Waals surface area contributed by atoms with E-state index in [4.69, 9.17) is 9.16 Å². The first-order valence-corrected chi connectivity index (χ1v) is 9.30. The molecule has 0 aliphatic rings. The molecule has 0 aliphatic carbocycles. The molecule has 3 heteroatoms. The Labute approximate surface area is 125 Å². The fraction of sp³-hybridized carbons (Fsp3) is 0.529. The highest BCUT2D eigenvalue weighted by molar-refractivity contribution is 6.51. The van der Waals surface area contributed by atoms with Crippen molar-refractivity contribution in [3.8, 4) is 0 Å². The summed E-state index contributed by atoms with van der Waals surface area (Å²) in [5.74, 6) is 0. The molecule has 0 N–H and O–H groups in total. The van der Waals surface area contributed by atoms with Gasteiger partial charge in [0.15, 0.2) is 0 Å². The third-order valence-electron chi connectivity index (χ3n) is 3.29. The third kappa shape index (κ3) is 6.50. The average Bonchev–Trinajstić information content (AvgIpc) is 2.49. The standard InChI is InChI=1S/C17H27O2Si/c1-4-14-20(15-13-18-3)19-12-8-11-17-10-7-6-9-16(17)5-2/h5-7,9-10H,2,4,8,11-15H2,1,3H3. The largest absolute Gasteiger partial charge is 0.417 e. The minimum atomic E-state index is -0.673. The average molecular weight is 291 g/mol. The van der Waals surface area contributed by atoms with E-state index in [1.807, 2.05) is 6.08 Å². The van der Waals surface area contributed by atoms with E-state index in [-0.39, 0.29) is 0 Å². The zero-order chi connectivity index (χ0) is 14.6. The van der Waals surface area contributed by atoms with Gasteiger partial charge >= 0.3 is 0 Å². The Hall–Kier alpha value is -0.903. The van der Waals surface area contributed by atoms with Crippen LogP contribution in [-0.4, -0.2) is 29.4 Å². The zero-order valence-corrected chi connectivity index (χ0v) is 13.9. The van der Waals surface area contributed by atoms with Crippen LogP contribution in [0.4, 0.5) is 0 Å². The summed E-state index contributed by atoms with van der Waals surface area (Å²) < 4.78 is 11.2. The summed E-state index contributed by atoms with van der Waals surface area (Å²) in [6.45, 7) is 7.78. The van der Waals surface area contributed by atoms with Crippen LogP contribution in [-0.2, 0) is 15.6 Å². The van der Waals surface area contributed by atoms with Crippen LogP contribution in [0, 0.1) is 0 Å². The van der Waals surface area contributed by atoms with E-state index in [9.17, 15) is 0 Å². The van der Waals surface area contributed by atoms with Gasteiger partial charge in [0, 0.05) is 20.3 Å². The topological polar surface area (TPSA) is 18.5 Å². The Morgan fingerprint density at radius 1 is 1.20 bits per heavy atom. The van der Waals surface area contributed by atoms with Crippen molar-refractivity contribution in [2.75, 3.05) is 20.3 Å². The highest BCUT2D eigenvalue weighted by Crippen LogP contribution is 2.13. The highest BCUT2D eigenvalue weighted by atomic mass is 28.3. The molecule has 1 radical (unpaired) electrons. The summed E-state index contributed by atoms with van der Waals surface area (Å²) in [5, 5.41) is 0. The van der Waals surface area contributed by atoms with Crippen LogP contribution in [0.3, 0.4) is 0 Å². The summed E-state index contributed by atoms with van der Waals surface area (Å²) in [4.78, 5) is 0. The molecule has 1 rings (SSSR count). The maximum Gasteiger partial charge on any atom is 0.213 e. The number of ether oxygens (including phenoxy) is 1. The number of aryl methyl sites for hydroxylation is 1. The van der Waals surface area contributed by atoms with E-state index in [0.717, 1.165) is 32.1 Å². The second-order valence-corrected chi connectivity index (χ2v) is 7.25. The van der Waals surface area contributed by atoms with Crippen LogP contribution < -0.4 is 0 Å². The molecule has 1 aromatic rings. The highest BCUT2D eigenvalue weighted by Gasteiger charge is 2.11. The number of benzene rings is 1. The predicted molar refractivity (Wildman–Crippen MR) is 88.3 cm³/mol. The maximum absolute atomic E-state index is 6.08. The van der Waals surface area contributed by atoms with Crippen LogP contribution >= 0.6 is 0 Å². The molecule has 0 saturated heterocycles. The van der Waals surface area contributed by atoms with E-state index in [2.05, 4.69) is 37.8 Å². The molecular formula is C17H27O2Si. The molecule has 0 saturated carbocycles. The summed E-state index contributed by atoms with van der Waals surface area (Å²) in [6.07, 6.45) is 5.28. The SMILES string of the molecule is C=Cc1ccccc1CCCO[Si](CCC)CCOC. The normalized spacial score (nSPS) is 10.9. The van der Waals surface area contributed by atoms with Gasteiger partial charge in [0.05, 0.1) is 0 Å². The minimum absolute atomic E-state index is 0.673. The molecule has 1 aromatic carbocycles. The van der Waals surface area contributed by atoms with E-state index >= 15 is 0 Å². The number of hydrogen-bond acceptors (Lipinski definition) is 2. The van der Waals surface area contributed by atoms with E-state index in [0.29, 0.717) is 0 Å². The molecular weight excluding hydrogens is 264 g/mol. The lowest BCUT2D eigenvalue weighted by Gasteiger charge is -2.14. The summed E-state index contributed by atoms with van der Waals surface area (Å²) >= 11 is 0. The Morgan fingerprint density at radius 3 is 2.70 bits per heavy atom. The van der Waals surface area contributed by atoms with Gasteiger partial charge in [-0.25, -0.2) is 0 Å². The quantitative estimate of drug-likeness (QED) is 0.446. The van der Waals surface area contributed by atoms with Gasteiger partial charge in [0.25, 0.3) is 0 Å². The van der Waals surface area contributed by atoms with Crippen LogP contribution in [0.2, 0.25) is 12.1 Å². The second kappa shape index (κ2) is 10.8. The molecule has 0 heterocycles. The third-order valence-corrected chi connectivity index (χ3v) is 5.72. The van der Waals surface area contributed by atoms with Crippen molar-refractivity contribution < 1.29 is 9.16 Å². The van der Waals surface area contributed by atoms with Crippen molar-refractivity contribution >= 4 is 15.1 Å². The summed E-state index contributed by atoms with van der Waals surface area (Å²) in [7, 11) is 1.09. The van der Waals surface area contributed by atoms with Gasteiger partial charge in [-0.3, -0.25) is 0 Å². The molecule has 2 nitrogen and oxygen atoms in total. The van der Waals surface area contributed by atoms with Gasteiger partial charge in [-0.1, -0.05) is 50.3 Å². The van der Waals surface area contributed by atoms with Crippen LogP contribution in [0.1, 0.15) is 30.9 Å². The van der Waals surface area contributed by atoms with Gasteiger partial charge in [-0.05, 0) is 36.1 Å². The first-order valence-electron chi connectivity index (χ1n) is 7.48. The van der Waals surface area contributed by atoms with Crippen LogP contribution in [0.15, 0.2) is 30.8 Å². The molecule has 0 aliphatic heterocycles. The predicted octanol–water partition coefficient (Wildman–Crippen LogP) is 4.33. The number of rotatable bonds is 11. The van der Waals surface area contributed by atoms with Crippen molar-refractivity contribution in [2.45, 2.75) is 38.3 Å². The van der Waals surface area contributed by atoms with Gasteiger partial charge in [-0.15, -0.1) is 0 Å². The Kier molecular flexibility index (Phi) is 9.29. The molecule has 0 unspecified atom stereocenters. The minimum Gasteiger partial charge on any atom is -0.417 e. The van der Waals surface area contributed by atoms with Crippen molar-refractivity contribution in [1.82, 2.24) is 0 Å². The van der Waals surface area contributed by atoms with Gasteiger partial charge in [-0.2, -0.15) is 0 Å². The molecule has 0 spiro atoms. The van der Waals surface area contributed by atoms with Crippen LogP contribution in [0.5, 0.6) is 0 Å². The van der Waals surface area contributed by atoms with Crippen LogP contribution in [0.25, 0.3) is 6.08 Å². The van der Waals surface area contributed by atoms with E-state index in [1.54, 1.807) is 7.11 Å². The molecule has 0 fully saturated rings. The van der Waals surface area contributed by atoms with Crippen molar-refractivity contribution in [3.63, 3.8) is 0 Å². The summed E-state index contributed by atoms with van der Waals surface area (Å²) in [6, 6.07) is 10.8. The summed E-state index contributed by atoms with van der Waals surface area (Å²) in [5.41, 5.74) is 2.61. The molecule has 0 amide bonds. The fourth-order valence-corrected chi connectivity index (χ4v) is 4.17. The molecule has 0 atom stereocenters. The Morgan fingerprint density at radius 2 is 2.00 bits per heavy atom. The fourth-order valence-electron chi connectivity index (χ4n) is 2.20. The lowest BCUT2D eigenvalue weighted by Crippen LogP contribution is -2.20. The lowest BCUT2D eigenvalue weighted by molar-refractivity contribution is 0.208. The van der Waals surface area contributed by atoms with E-state index < -0.39 is 9.04 Å². The first kappa shape index (κ1) is 17.1. The van der Waals surface area contributed by atoms with Gasteiger partial charge in [0.1, 0.15) is 0 Å². The molecule has 20 heavy (non-hydrogen) atoms. The second-order valence-electron chi connectivity index (χ2n) is 4.89. The monoisotopic (exact) mass is 291 g/mol. The molecule has 0 bridgehead atoms. The smallest absolute Gasteiger partial charge is 0.213 e.